The standard InChI is InChI=1S/C13H14F6N3O3/c1-21(2)20-10(8-3-5-9(6-4-8)22(24)25)7-11(23,12(14,15)16)13(17,18)19/h3-6,20,23H,7H2,1-2H3/q-1. The van der Waals surface area contributed by atoms with Crippen molar-refractivity contribution in [3.63, 3.8) is 0 Å². The first-order valence-corrected chi connectivity index (χ1v) is 6.59. The van der Waals surface area contributed by atoms with Crippen LogP contribution in [0.25, 0.3) is 0 Å². The van der Waals surface area contributed by atoms with E-state index in [1.807, 2.05) is 0 Å². The highest BCUT2D eigenvalue weighted by Gasteiger charge is 2.70. The number of halogens is 6. The molecule has 0 aromatic carbocycles. The molecule has 0 aromatic heterocycles. The Hall–Kier alpha value is -2.21. The molecule has 12 heteroatoms. The normalized spacial score (nSPS) is 15.8. The molecule has 0 bridgehead atoms. The molecule has 2 N–H and O–H groups in total. The Kier molecular flexibility index (Phi) is 5.80. The van der Waals surface area contributed by atoms with E-state index in [0.29, 0.717) is 0 Å². The summed E-state index contributed by atoms with van der Waals surface area (Å²) in [6.07, 6.45) is -10.00. The van der Waals surface area contributed by atoms with Crippen molar-refractivity contribution in [2.45, 2.75) is 24.4 Å². The first-order valence-electron chi connectivity index (χ1n) is 6.59. The van der Waals surface area contributed by atoms with Crippen LogP contribution in [0.5, 0.6) is 0 Å². The zero-order valence-electron chi connectivity index (χ0n) is 12.9. The van der Waals surface area contributed by atoms with E-state index in [2.05, 4.69) is 5.43 Å². The number of aliphatic hydroxyl groups is 1. The summed E-state index contributed by atoms with van der Waals surface area (Å²) in [6.45, 7) is 0. The second-order valence-corrected chi connectivity index (χ2v) is 5.32. The molecular formula is C13H14F6N3O3-. The smallest absolute Gasteiger partial charge is 0.426 e. The Morgan fingerprint density at radius 2 is 1.48 bits per heavy atom. The van der Waals surface area contributed by atoms with Gasteiger partial charge in [-0.05, 0) is 17.7 Å². The fourth-order valence-corrected chi connectivity index (χ4v) is 1.88. The van der Waals surface area contributed by atoms with Crippen LogP contribution in [-0.2, 0) is 0 Å². The summed E-state index contributed by atoms with van der Waals surface area (Å²) in [7, 11) is 2.62. The first-order chi connectivity index (χ1) is 11.2. The molecule has 0 atom stereocenters. The van der Waals surface area contributed by atoms with Crippen molar-refractivity contribution in [1.29, 1.82) is 0 Å². The Labute approximate surface area is 138 Å². The van der Waals surface area contributed by atoms with Gasteiger partial charge in [0.25, 0.3) is 5.60 Å². The molecule has 0 heterocycles. The van der Waals surface area contributed by atoms with Gasteiger partial charge < -0.3 is 20.9 Å². The van der Waals surface area contributed by atoms with E-state index in [-0.39, 0.29) is 5.57 Å². The SMILES string of the molecule is CN(C)NC(CC(O)(C(F)(F)F)C(F)(F)F)=C1C=CC(=[N+]([O-])[O-])C=C1. The Balaban J connectivity index is 3.39. The maximum absolute atomic E-state index is 12.9. The van der Waals surface area contributed by atoms with Crippen LogP contribution in [0, 0.1) is 10.4 Å². The van der Waals surface area contributed by atoms with Crippen LogP contribution < -0.4 is 5.43 Å². The number of allylic oxidation sites excluding steroid dienone is 5. The summed E-state index contributed by atoms with van der Waals surface area (Å²) in [5.74, 6) is 0. The quantitative estimate of drug-likeness (QED) is 0.447. The summed E-state index contributed by atoms with van der Waals surface area (Å²) in [5, 5.41) is 31.6. The molecule has 0 aromatic rings. The lowest BCUT2D eigenvalue weighted by Gasteiger charge is -2.34. The highest BCUT2D eigenvalue weighted by atomic mass is 19.4. The molecule has 0 saturated heterocycles. The fourth-order valence-electron chi connectivity index (χ4n) is 1.88. The Morgan fingerprint density at radius 1 is 1.04 bits per heavy atom. The zero-order valence-corrected chi connectivity index (χ0v) is 12.9. The number of alkyl halides is 6. The summed E-state index contributed by atoms with van der Waals surface area (Å²) >= 11 is 0. The molecule has 142 valence electrons. The largest absolute Gasteiger partial charge is 0.612 e. The molecule has 0 amide bonds. The van der Waals surface area contributed by atoms with Gasteiger partial charge >= 0.3 is 12.4 Å². The van der Waals surface area contributed by atoms with Crippen molar-refractivity contribution in [3.8, 4) is 0 Å². The highest BCUT2D eigenvalue weighted by molar-refractivity contribution is 6.02. The third kappa shape index (κ3) is 4.66. The number of hydrogen-bond acceptors (Lipinski definition) is 5. The molecule has 1 aliphatic carbocycles. The van der Waals surface area contributed by atoms with Gasteiger partial charge in [-0.25, -0.2) is 5.01 Å². The van der Waals surface area contributed by atoms with Gasteiger partial charge in [0.05, 0.1) is 0 Å². The molecule has 1 aliphatic rings. The molecule has 0 fully saturated rings. The van der Waals surface area contributed by atoms with Crippen molar-refractivity contribution in [1.82, 2.24) is 10.4 Å². The minimum absolute atomic E-state index is 0.175. The van der Waals surface area contributed by atoms with Crippen molar-refractivity contribution in [2.24, 2.45) is 0 Å². The summed E-state index contributed by atoms with van der Waals surface area (Å²) in [6, 6.07) is 0. The Bertz CT molecular complexity index is 596. The predicted octanol–water partition coefficient (Wildman–Crippen LogP) is 2.13. The van der Waals surface area contributed by atoms with Crippen molar-refractivity contribution in [3.05, 3.63) is 46.0 Å². The molecule has 6 nitrogen and oxygen atoms in total. The van der Waals surface area contributed by atoms with E-state index in [1.165, 1.54) is 14.1 Å². The zero-order chi connectivity index (χ0) is 19.6. The van der Waals surface area contributed by atoms with Crippen molar-refractivity contribution in [2.75, 3.05) is 14.1 Å². The molecule has 1 rings (SSSR count). The average Bonchev–Trinajstić information content (AvgIpc) is 2.43. The van der Waals surface area contributed by atoms with Crippen LogP contribution in [0.1, 0.15) is 6.42 Å². The molecule has 25 heavy (non-hydrogen) atoms. The third-order valence-electron chi connectivity index (χ3n) is 3.16. The van der Waals surface area contributed by atoms with Gasteiger partial charge in [0.2, 0.25) is 5.71 Å². The van der Waals surface area contributed by atoms with Crippen LogP contribution in [0.3, 0.4) is 0 Å². The van der Waals surface area contributed by atoms with Gasteiger partial charge in [0, 0.05) is 38.4 Å². The molecule has 0 unspecified atom stereocenters. The maximum atomic E-state index is 12.9. The van der Waals surface area contributed by atoms with Crippen LogP contribution in [0.15, 0.2) is 35.6 Å². The molecule has 0 radical (unpaired) electrons. The van der Waals surface area contributed by atoms with Gasteiger partial charge in [-0.1, -0.05) is 0 Å². The third-order valence-corrected chi connectivity index (χ3v) is 3.16. The van der Waals surface area contributed by atoms with E-state index in [4.69, 9.17) is 0 Å². The van der Waals surface area contributed by atoms with Gasteiger partial charge in [0.15, 0.2) is 0 Å². The molecule has 0 aliphatic heterocycles. The lowest BCUT2D eigenvalue weighted by atomic mass is 9.93. The van der Waals surface area contributed by atoms with Crippen molar-refractivity contribution >= 4 is 5.71 Å². The monoisotopic (exact) mass is 374 g/mol. The lowest BCUT2D eigenvalue weighted by Crippen LogP contribution is -2.58. The predicted molar refractivity (Wildman–Crippen MR) is 75.8 cm³/mol. The topological polar surface area (TPSA) is 84.6 Å². The molecular weight excluding hydrogens is 360 g/mol. The number of rotatable bonds is 4. The van der Waals surface area contributed by atoms with Crippen molar-refractivity contribution < 1.29 is 36.4 Å². The first kappa shape index (κ1) is 20.8. The summed E-state index contributed by atoms with van der Waals surface area (Å²) < 4.78 is 77.2. The minimum atomic E-state index is -5.98. The van der Waals surface area contributed by atoms with E-state index in [0.717, 1.165) is 29.3 Å². The van der Waals surface area contributed by atoms with Gasteiger partial charge in [-0.15, -0.1) is 0 Å². The second kappa shape index (κ2) is 6.96. The molecule has 0 saturated carbocycles. The van der Waals surface area contributed by atoms with E-state index in [1.54, 1.807) is 0 Å². The summed E-state index contributed by atoms with van der Waals surface area (Å²) in [5.41, 5.74) is -3.90. The number of hydrazine groups is 1. The number of nitrogens with one attached hydrogen (secondary N) is 1. The van der Waals surface area contributed by atoms with E-state index < -0.39 is 40.7 Å². The lowest BCUT2D eigenvalue weighted by molar-refractivity contribution is -0.377. The molecule has 0 spiro atoms. The van der Waals surface area contributed by atoms with Crippen LogP contribution in [-0.4, -0.2) is 52.8 Å². The highest BCUT2D eigenvalue weighted by Crippen LogP contribution is 2.46. The van der Waals surface area contributed by atoms with E-state index >= 15 is 0 Å². The van der Waals surface area contributed by atoms with Crippen LogP contribution >= 0.6 is 0 Å². The van der Waals surface area contributed by atoms with Crippen LogP contribution in [0.4, 0.5) is 26.3 Å². The minimum Gasteiger partial charge on any atom is -0.612 e. The number of hydrogen-bond donors (Lipinski definition) is 2. The van der Waals surface area contributed by atoms with Gasteiger partial charge in [-0.2, -0.15) is 31.2 Å². The number of nitrogens with zero attached hydrogens (tertiary/aromatic N) is 2. The summed E-state index contributed by atoms with van der Waals surface area (Å²) in [4.78, 5) is -0.773. The van der Waals surface area contributed by atoms with Gasteiger partial charge in [0.1, 0.15) is 0 Å². The fraction of sp³-hybridized carbons (Fsp3) is 0.462. The van der Waals surface area contributed by atoms with Crippen LogP contribution in [0.2, 0.25) is 0 Å². The second-order valence-electron chi connectivity index (χ2n) is 5.32. The van der Waals surface area contributed by atoms with Gasteiger partial charge in [-0.3, -0.25) is 0 Å². The maximum Gasteiger partial charge on any atom is 0.426 e. The van der Waals surface area contributed by atoms with E-state index in [9.17, 15) is 41.9 Å². The Morgan fingerprint density at radius 3 is 1.80 bits per heavy atom. The average molecular weight is 374 g/mol.